The fourth-order valence-corrected chi connectivity index (χ4v) is 6.02. The Balaban J connectivity index is 1.34. The molecule has 5 heteroatoms. The van der Waals surface area contributed by atoms with Crippen LogP contribution in [0.3, 0.4) is 0 Å². The van der Waals surface area contributed by atoms with Gasteiger partial charge in [-0.3, -0.25) is 4.68 Å². The average Bonchev–Trinajstić information content (AvgIpc) is 3.28. The van der Waals surface area contributed by atoms with E-state index in [-0.39, 0.29) is 0 Å². The van der Waals surface area contributed by atoms with Gasteiger partial charge in [0.2, 0.25) is 0 Å². The highest BCUT2D eigenvalue weighted by atomic mass is 15.3. The SMILES string of the molecule is CC(c1nccc(-c2cnn(C3CCCC3)c2CC2CC2)n1)[C@H](C)CC1CCC(N)CC1. The summed E-state index contributed by atoms with van der Waals surface area (Å²) in [5.74, 6) is 3.59. The molecule has 32 heavy (non-hydrogen) atoms. The minimum absolute atomic E-state index is 0.363. The second kappa shape index (κ2) is 9.62. The van der Waals surface area contributed by atoms with Crippen LogP contribution >= 0.6 is 0 Å². The highest BCUT2D eigenvalue weighted by molar-refractivity contribution is 5.61. The van der Waals surface area contributed by atoms with Gasteiger partial charge in [0, 0.05) is 29.4 Å². The van der Waals surface area contributed by atoms with E-state index in [0.717, 1.165) is 29.8 Å². The largest absolute Gasteiger partial charge is 0.328 e. The van der Waals surface area contributed by atoms with E-state index in [2.05, 4.69) is 30.8 Å². The molecule has 3 fully saturated rings. The van der Waals surface area contributed by atoms with Gasteiger partial charge in [-0.25, -0.2) is 9.97 Å². The van der Waals surface area contributed by atoms with Crippen LogP contribution in [0.25, 0.3) is 11.3 Å². The minimum Gasteiger partial charge on any atom is -0.328 e. The molecular formula is C27H41N5. The Bertz CT molecular complexity index is 887. The second-order valence-electron chi connectivity index (χ2n) is 11.1. The van der Waals surface area contributed by atoms with E-state index >= 15 is 0 Å². The smallest absolute Gasteiger partial charge is 0.132 e. The molecule has 5 rings (SSSR count). The molecule has 1 unspecified atom stereocenters. The van der Waals surface area contributed by atoms with Crippen LogP contribution in [0.1, 0.15) is 108 Å². The first-order valence-electron chi connectivity index (χ1n) is 13.2. The van der Waals surface area contributed by atoms with Crippen molar-refractivity contribution >= 4 is 0 Å². The van der Waals surface area contributed by atoms with E-state index in [1.54, 1.807) is 0 Å². The Kier molecular flexibility index (Phi) is 6.64. The third-order valence-electron chi connectivity index (χ3n) is 8.56. The number of aromatic nitrogens is 4. The van der Waals surface area contributed by atoms with Crippen molar-refractivity contribution in [2.24, 2.45) is 23.5 Å². The lowest BCUT2D eigenvalue weighted by Gasteiger charge is -2.29. The van der Waals surface area contributed by atoms with Crippen molar-refractivity contribution in [3.63, 3.8) is 0 Å². The van der Waals surface area contributed by atoms with E-state index in [1.165, 1.54) is 81.9 Å². The summed E-state index contributed by atoms with van der Waals surface area (Å²) >= 11 is 0. The molecular weight excluding hydrogens is 394 g/mol. The van der Waals surface area contributed by atoms with Crippen molar-refractivity contribution < 1.29 is 0 Å². The number of hydrogen-bond acceptors (Lipinski definition) is 4. The highest BCUT2D eigenvalue weighted by Crippen LogP contribution is 2.39. The van der Waals surface area contributed by atoms with Gasteiger partial charge in [0.05, 0.1) is 17.9 Å². The first-order valence-corrected chi connectivity index (χ1v) is 13.2. The van der Waals surface area contributed by atoms with Crippen molar-refractivity contribution in [2.75, 3.05) is 0 Å². The van der Waals surface area contributed by atoms with E-state index < -0.39 is 0 Å². The quantitative estimate of drug-likeness (QED) is 0.547. The van der Waals surface area contributed by atoms with E-state index in [9.17, 15) is 0 Å². The predicted octanol–water partition coefficient (Wildman–Crippen LogP) is 6.05. The fourth-order valence-electron chi connectivity index (χ4n) is 6.02. The first-order chi connectivity index (χ1) is 15.6. The molecule has 0 saturated heterocycles. The fraction of sp³-hybridized carbons (Fsp3) is 0.741. The molecule has 2 atom stereocenters. The van der Waals surface area contributed by atoms with Crippen molar-refractivity contribution in [3.05, 3.63) is 30.0 Å². The van der Waals surface area contributed by atoms with Gasteiger partial charge in [-0.2, -0.15) is 5.10 Å². The molecule has 2 aromatic rings. The Hall–Kier alpha value is -1.75. The summed E-state index contributed by atoms with van der Waals surface area (Å²) in [5.41, 5.74) is 9.84. The Morgan fingerprint density at radius 1 is 1.00 bits per heavy atom. The maximum atomic E-state index is 6.11. The maximum absolute atomic E-state index is 6.11. The third kappa shape index (κ3) is 4.93. The molecule has 3 saturated carbocycles. The van der Waals surface area contributed by atoms with Crippen molar-refractivity contribution in [1.82, 2.24) is 19.7 Å². The molecule has 0 aliphatic heterocycles. The lowest BCUT2D eigenvalue weighted by Crippen LogP contribution is -2.27. The van der Waals surface area contributed by atoms with Crippen LogP contribution in [0.4, 0.5) is 0 Å². The van der Waals surface area contributed by atoms with Crippen molar-refractivity contribution in [1.29, 1.82) is 0 Å². The summed E-state index contributed by atoms with van der Waals surface area (Å²) in [5, 5.41) is 4.89. The number of nitrogens with two attached hydrogens (primary N) is 1. The molecule has 0 aromatic carbocycles. The molecule has 2 heterocycles. The number of hydrogen-bond donors (Lipinski definition) is 1. The van der Waals surface area contributed by atoms with E-state index in [4.69, 9.17) is 20.8 Å². The molecule has 3 aliphatic carbocycles. The third-order valence-corrected chi connectivity index (χ3v) is 8.56. The van der Waals surface area contributed by atoms with Gasteiger partial charge >= 0.3 is 0 Å². The van der Waals surface area contributed by atoms with Gasteiger partial charge in [0.1, 0.15) is 5.82 Å². The minimum atomic E-state index is 0.363. The average molecular weight is 436 g/mol. The van der Waals surface area contributed by atoms with Crippen LogP contribution in [0, 0.1) is 17.8 Å². The molecule has 174 valence electrons. The second-order valence-corrected chi connectivity index (χ2v) is 11.1. The predicted molar refractivity (Wildman–Crippen MR) is 129 cm³/mol. The van der Waals surface area contributed by atoms with Crippen molar-refractivity contribution in [2.45, 2.75) is 109 Å². The van der Waals surface area contributed by atoms with Crippen LogP contribution in [0.5, 0.6) is 0 Å². The zero-order chi connectivity index (χ0) is 22.1. The standard InChI is InChI=1S/C27H41N5/c1-18(15-20-9-11-22(28)12-10-20)19(2)27-29-14-13-25(31-27)24-17-30-32(23-5-3-4-6-23)26(24)16-21-7-8-21/h13-14,17-23H,3-12,15-16,28H2,1-2H3/t18-,19?,20?,22?/m1/s1. The number of nitrogens with zero attached hydrogens (tertiary/aromatic N) is 4. The summed E-state index contributed by atoms with van der Waals surface area (Å²) in [4.78, 5) is 9.83. The zero-order valence-corrected chi connectivity index (χ0v) is 20.0. The normalized spacial score (nSPS) is 26.3. The molecule has 3 aliphatic rings. The summed E-state index contributed by atoms with van der Waals surface area (Å²) in [6.45, 7) is 4.69. The van der Waals surface area contributed by atoms with Gasteiger partial charge in [-0.05, 0) is 88.0 Å². The molecule has 0 radical (unpaired) electrons. The highest BCUT2D eigenvalue weighted by Gasteiger charge is 2.30. The summed E-state index contributed by atoms with van der Waals surface area (Å²) < 4.78 is 2.36. The summed E-state index contributed by atoms with van der Waals surface area (Å²) in [7, 11) is 0. The van der Waals surface area contributed by atoms with Crippen molar-refractivity contribution in [3.8, 4) is 11.3 Å². The van der Waals surface area contributed by atoms with E-state index in [0.29, 0.717) is 23.9 Å². The molecule has 5 nitrogen and oxygen atoms in total. The molecule has 2 aromatic heterocycles. The van der Waals surface area contributed by atoms with Gasteiger partial charge < -0.3 is 5.73 Å². The Labute approximate surface area is 193 Å². The zero-order valence-electron chi connectivity index (χ0n) is 20.0. The van der Waals surface area contributed by atoms with Crippen LogP contribution in [0.15, 0.2) is 18.5 Å². The van der Waals surface area contributed by atoms with Gasteiger partial charge in [0.25, 0.3) is 0 Å². The summed E-state index contributed by atoms with van der Waals surface area (Å²) in [6.07, 6.45) is 19.3. The molecule has 0 spiro atoms. The molecule has 0 bridgehead atoms. The maximum Gasteiger partial charge on any atom is 0.132 e. The molecule has 0 amide bonds. The van der Waals surface area contributed by atoms with Gasteiger partial charge in [-0.15, -0.1) is 0 Å². The Morgan fingerprint density at radius 2 is 1.72 bits per heavy atom. The van der Waals surface area contributed by atoms with Crippen LogP contribution in [-0.4, -0.2) is 25.8 Å². The Morgan fingerprint density at radius 3 is 2.44 bits per heavy atom. The lowest BCUT2D eigenvalue weighted by molar-refractivity contribution is 0.261. The molecule has 2 N–H and O–H groups in total. The van der Waals surface area contributed by atoms with Crippen LogP contribution < -0.4 is 5.73 Å². The van der Waals surface area contributed by atoms with Crippen LogP contribution in [0.2, 0.25) is 0 Å². The first kappa shape index (κ1) is 22.1. The lowest BCUT2D eigenvalue weighted by atomic mass is 9.78. The van der Waals surface area contributed by atoms with Gasteiger partial charge in [0.15, 0.2) is 0 Å². The topological polar surface area (TPSA) is 69.6 Å². The van der Waals surface area contributed by atoms with Crippen LogP contribution in [-0.2, 0) is 6.42 Å². The van der Waals surface area contributed by atoms with Gasteiger partial charge in [-0.1, -0.05) is 26.7 Å². The monoisotopic (exact) mass is 435 g/mol. The van der Waals surface area contributed by atoms with E-state index in [1.807, 2.05) is 6.20 Å². The summed E-state index contributed by atoms with van der Waals surface area (Å²) in [6, 6.07) is 3.10. The number of rotatable bonds is 8.